The molecule has 0 amide bonds. The Kier molecular flexibility index (Phi) is 15.3. The Morgan fingerprint density at radius 2 is 1.27 bits per heavy atom. The first-order valence-corrected chi connectivity index (χ1v) is 13.1. The predicted octanol–water partition coefficient (Wildman–Crippen LogP) is 4.42. The Hall–Kier alpha value is 0.220. The van der Waals surface area contributed by atoms with Gasteiger partial charge in [-0.3, -0.25) is 9.13 Å². The number of hydrogen-bond donors (Lipinski definition) is 5. The molecule has 0 aliphatic carbocycles. The lowest BCUT2D eigenvalue weighted by Gasteiger charge is -2.21. The monoisotopic (exact) mass is 416 g/mol. The summed E-state index contributed by atoms with van der Waals surface area (Å²) in [5.74, 6) is 0. The first-order valence-electron chi connectivity index (χ1n) is 9.79. The number of hydrogen-bond acceptors (Lipinski definition) is 5. The molecule has 2 atom stereocenters. The van der Waals surface area contributed by atoms with E-state index in [-0.39, 0.29) is 6.42 Å². The second-order valence-electron chi connectivity index (χ2n) is 6.70. The van der Waals surface area contributed by atoms with Gasteiger partial charge in [-0.15, -0.1) is 5.59 Å². The average Bonchev–Trinajstić information content (AvgIpc) is 2.54. The molecule has 0 aromatic rings. The SMILES string of the molecule is CCCCCCCCCCCCCNNOP(=O)(O)C(CC)P(=O)(O)O. The van der Waals surface area contributed by atoms with Crippen LogP contribution in [0.5, 0.6) is 0 Å². The van der Waals surface area contributed by atoms with Crippen molar-refractivity contribution in [3.05, 3.63) is 0 Å². The zero-order chi connectivity index (χ0) is 19.9. The lowest BCUT2D eigenvalue weighted by atomic mass is 10.1. The summed E-state index contributed by atoms with van der Waals surface area (Å²) < 4.78 is 27.6. The normalized spacial score (nSPS) is 15.7. The van der Waals surface area contributed by atoms with Gasteiger partial charge in [0.05, 0.1) is 0 Å². The molecule has 0 aromatic carbocycles. The summed E-state index contributed by atoms with van der Waals surface area (Å²) in [5.41, 5.74) is 4.79. The Labute approximate surface area is 158 Å². The van der Waals surface area contributed by atoms with Crippen LogP contribution in [0.1, 0.15) is 90.9 Å². The van der Waals surface area contributed by atoms with Crippen LogP contribution in [0.3, 0.4) is 0 Å². The quantitative estimate of drug-likeness (QED) is 0.126. The van der Waals surface area contributed by atoms with Crippen LogP contribution in [0.25, 0.3) is 0 Å². The van der Waals surface area contributed by atoms with Gasteiger partial charge in [0.2, 0.25) is 0 Å². The van der Waals surface area contributed by atoms with Crippen molar-refractivity contribution in [3.63, 3.8) is 0 Å². The van der Waals surface area contributed by atoms with E-state index in [1.807, 2.05) is 0 Å². The fourth-order valence-corrected chi connectivity index (χ4v) is 5.66. The smallest absolute Gasteiger partial charge is 0.324 e. The first-order chi connectivity index (χ1) is 12.3. The van der Waals surface area contributed by atoms with Gasteiger partial charge in [-0.2, -0.15) is 0 Å². The molecule has 10 heteroatoms. The molecule has 158 valence electrons. The second kappa shape index (κ2) is 15.2. The van der Waals surface area contributed by atoms with Gasteiger partial charge in [0.1, 0.15) is 0 Å². The van der Waals surface area contributed by atoms with Gasteiger partial charge in [-0.1, -0.05) is 78.1 Å². The van der Waals surface area contributed by atoms with Crippen LogP contribution in [0.15, 0.2) is 0 Å². The molecule has 5 N–H and O–H groups in total. The van der Waals surface area contributed by atoms with E-state index in [1.165, 1.54) is 58.3 Å². The van der Waals surface area contributed by atoms with Crippen LogP contribution in [-0.4, -0.2) is 26.6 Å². The lowest BCUT2D eigenvalue weighted by Crippen LogP contribution is -2.33. The fraction of sp³-hybridized carbons (Fsp3) is 1.00. The van der Waals surface area contributed by atoms with Gasteiger partial charge in [-0.25, -0.2) is 10.1 Å². The number of nitrogens with one attached hydrogen (secondary N) is 2. The fourth-order valence-electron chi connectivity index (χ4n) is 2.75. The van der Waals surface area contributed by atoms with E-state index in [0.717, 1.165) is 19.3 Å². The van der Waals surface area contributed by atoms with Crippen molar-refractivity contribution in [2.75, 3.05) is 6.54 Å². The minimum atomic E-state index is -4.69. The van der Waals surface area contributed by atoms with E-state index in [9.17, 15) is 14.0 Å². The van der Waals surface area contributed by atoms with E-state index in [2.05, 4.69) is 22.6 Å². The summed E-state index contributed by atoms with van der Waals surface area (Å²) in [4.78, 5) is 27.8. The van der Waals surface area contributed by atoms with Gasteiger partial charge in [-0.05, 0) is 12.8 Å². The average molecular weight is 416 g/mol. The molecule has 0 aromatic heterocycles. The van der Waals surface area contributed by atoms with Crippen molar-refractivity contribution < 1.29 is 28.4 Å². The Balaban J connectivity index is 3.56. The third-order valence-electron chi connectivity index (χ3n) is 4.28. The van der Waals surface area contributed by atoms with Crippen LogP contribution in [0.4, 0.5) is 0 Å². The molecule has 0 fully saturated rings. The standard InChI is InChI=1S/C16H38N2O6P2/c1-3-5-6-7-8-9-10-11-12-13-14-15-17-18-24-26(22,23)16(4-2)25(19,20)21/h16-18H,3-15H2,1-2H3,(H,22,23)(H2,19,20,21). The van der Waals surface area contributed by atoms with Gasteiger partial charge in [0.25, 0.3) is 0 Å². The maximum Gasteiger partial charge on any atom is 0.360 e. The Bertz CT molecular complexity index is 433. The summed E-state index contributed by atoms with van der Waals surface area (Å²) in [7, 11) is -9.14. The highest BCUT2D eigenvalue weighted by Gasteiger charge is 2.44. The second-order valence-corrected chi connectivity index (χ2v) is 10.8. The van der Waals surface area contributed by atoms with Gasteiger partial charge in [0.15, 0.2) is 5.40 Å². The summed E-state index contributed by atoms with van der Waals surface area (Å²) in [6.07, 6.45) is 13.4. The summed E-state index contributed by atoms with van der Waals surface area (Å²) in [6, 6.07) is 0. The molecule has 0 bridgehead atoms. The molecule has 0 saturated carbocycles. The molecular weight excluding hydrogens is 378 g/mol. The number of hydrazine groups is 1. The molecule has 2 unspecified atom stereocenters. The number of rotatable bonds is 18. The van der Waals surface area contributed by atoms with Gasteiger partial charge < -0.3 is 14.7 Å². The molecule has 8 nitrogen and oxygen atoms in total. The third kappa shape index (κ3) is 13.4. The minimum absolute atomic E-state index is 0.154. The third-order valence-corrected chi connectivity index (χ3v) is 8.67. The van der Waals surface area contributed by atoms with Crippen molar-refractivity contribution in [2.24, 2.45) is 0 Å². The summed E-state index contributed by atoms with van der Waals surface area (Å²) in [5, 5.41) is -1.72. The highest BCUT2D eigenvalue weighted by Crippen LogP contribution is 2.63. The zero-order valence-corrected chi connectivity index (χ0v) is 18.0. The highest BCUT2D eigenvalue weighted by molar-refractivity contribution is 7.71. The summed E-state index contributed by atoms with van der Waals surface area (Å²) >= 11 is 0. The van der Waals surface area contributed by atoms with Crippen LogP contribution in [-0.2, 0) is 13.8 Å². The Morgan fingerprint density at radius 1 is 0.808 bits per heavy atom. The molecule has 0 heterocycles. The van der Waals surface area contributed by atoms with E-state index < -0.39 is 20.6 Å². The molecular formula is C16H38N2O6P2. The topological polar surface area (TPSA) is 128 Å². The first kappa shape index (κ1) is 26.2. The van der Waals surface area contributed by atoms with Crippen molar-refractivity contribution in [1.29, 1.82) is 0 Å². The summed E-state index contributed by atoms with van der Waals surface area (Å²) in [6.45, 7) is 4.20. The number of unbranched alkanes of at least 4 members (excludes halogenated alkanes) is 10. The van der Waals surface area contributed by atoms with E-state index >= 15 is 0 Å². The zero-order valence-electron chi connectivity index (χ0n) is 16.2. The Morgan fingerprint density at radius 3 is 1.69 bits per heavy atom. The predicted molar refractivity (Wildman–Crippen MR) is 105 cm³/mol. The van der Waals surface area contributed by atoms with Crippen molar-refractivity contribution in [2.45, 2.75) is 96.3 Å². The van der Waals surface area contributed by atoms with Crippen molar-refractivity contribution in [1.82, 2.24) is 11.0 Å². The minimum Gasteiger partial charge on any atom is -0.324 e. The maximum atomic E-state index is 11.8. The van der Waals surface area contributed by atoms with Gasteiger partial charge in [0, 0.05) is 6.54 Å². The van der Waals surface area contributed by atoms with E-state index in [0.29, 0.717) is 6.54 Å². The van der Waals surface area contributed by atoms with Crippen molar-refractivity contribution in [3.8, 4) is 0 Å². The van der Waals surface area contributed by atoms with Crippen LogP contribution >= 0.6 is 15.2 Å². The van der Waals surface area contributed by atoms with Gasteiger partial charge >= 0.3 is 15.2 Å². The lowest BCUT2D eigenvalue weighted by molar-refractivity contribution is 0.124. The molecule has 0 rings (SSSR count). The highest BCUT2D eigenvalue weighted by atomic mass is 31.2. The van der Waals surface area contributed by atoms with Crippen molar-refractivity contribution >= 4 is 15.2 Å². The molecule has 0 saturated heterocycles. The van der Waals surface area contributed by atoms with Crippen LogP contribution in [0, 0.1) is 0 Å². The largest absolute Gasteiger partial charge is 0.360 e. The van der Waals surface area contributed by atoms with E-state index in [4.69, 9.17) is 9.79 Å². The van der Waals surface area contributed by atoms with Crippen LogP contribution in [0.2, 0.25) is 0 Å². The van der Waals surface area contributed by atoms with Crippen LogP contribution < -0.4 is 11.0 Å². The molecule has 0 aliphatic heterocycles. The molecule has 0 aliphatic rings. The molecule has 0 spiro atoms. The molecule has 0 radical (unpaired) electrons. The maximum absolute atomic E-state index is 11.8. The van der Waals surface area contributed by atoms with E-state index in [1.54, 1.807) is 0 Å². The molecule has 26 heavy (non-hydrogen) atoms.